The summed E-state index contributed by atoms with van der Waals surface area (Å²) in [5.41, 5.74) is 1.68. The summed E-state index contributed by atoms with van der Waals surface area (Å²) in [7, 11) is 0. The van der Waals surface area contributed by atoms with E-state index in [1.165, 1.54) is 0 Å². The number of amides is 1. The number of hydrogen-bond acceptors (Lipinski definition) is 3. The molecule has 4 nitrogen and oxygen atoms in total. The summed E-state index contributed by atoms with van der Waals surface area (Å²) >= 11 is 0. The highest BCUT2D eigenvalue weighted by Crippen LogP contribution is 2.42. The van der Waals surface area contributed by atoms with Crippen molar-refractivity contribution in [1.82, 2.24) is 5.06 Å². The minimum atomic E-state index is -0.00644. The van der Waals surface area contributed by atoms with E-state index in [9.17, 15) is 4.79 Å². The van der Waals surface area contributed by atoms with Crippen LogP contribution in [0.15, 0.2) is 24.3 Å². The van der Waals surface area contributed by atoms with Crippen molar-refractivity contribution >= 4 is 5.91 Å². The van der Waals surface area contributed by atoms with E-state index in [0.717, 1.165) is 18.4 Å². The molecule has 0 N–H and O–H groups in total. The number of nitrogens with zero attached hydrogens (tertiary/aromatic N) is 2. The molecule has 4 heteroatoms. The number of carbonyl (C=O) groups excluding carboxylic acids is 1. The second kappa shape index (κ2) is 4.67. The summed E-state index contributed by atoms with van der Waals surface area (Å²) in [6.45, 7) is 2.67. The molecule has 0 aromatic heterocycles. The first-order valence-corrected chi connectivity index (χ1v) is 6.66. The predicted octanol–water partition coefficient (Wildman–Crippen LogP) is 2.42. The summed E-state index contributed by atoms with van der Waals surface area (Å²) in [5, 5.41) is 10.4. The molecule has 1 saturated heterocycles. The summed E-state index contributed by atoms with van der Waals surface area (Å²) < 4.78 is 0. The summed E-state index contributed by atoms with van der Waals surface area (Å²) in [4.78, 5) is 17.8. The Morgan fingerprint density at radius 2 is 2.11 bits per heavy atom. The molecule has 1 aliphatic carbocycles. The molecule has 3 atom stereocenters. The van der Waals surface area contributed by atoms with Crippen molar-refractivity contribution in [3.05, 3.63) is 35.4 Å². The van der Waals surface area contributed by atoms with Gasteiger partial charge in [-0.25, -0.2) is 5.06 Å². The van der Waals surface area contributed by atoms with Crippen LogP contribution < -0.4 is 0 Å². The largest absolute Gasteiger partial charge is 0.272 e. The van der Waals surface area contributed by atoms with Crippen LogP contribution in [-0.4, -0.2) is 17.6 Å². The minimum Gasteiger partial charge on any atom is -0.272 e. The SMILES string of the molecule is C[C@H]1C[C@@H]1C(=O)N1OCC[C@H]1c1ccc(C#N)cc1. The zero-order valence-corrected chi connectivity index (χ0v) is 10.9. The standard InChI is InChI=1S/C15H16N2O2/c1-10-8-13(10)15(18)17-14(6-7-19-17)12-4-2-11(9-16)3-5-12/h2-5,10,13-14H,6-8H2,1H3/t10-,13-,14-/m0/s1. The fraction of sp³-hybridized carbons (Fsp3) is 0.467. The Kier molecular flexibility index (Phi) is 3.00. The van der Waals surface area contributed by atoms with Crippen LogP contribution in [0, 0.1) is 23.2 Å². The van der Waals surface area contributed by atoms with E-state index in [1.54, 1.807) is 17.2 Å². The highest BCUT2D eigenvalue weighted by molar-refractivity contribution is 5.81. The van der Waals surface area contributed by atoms with Crippen molar-refractivity contribution in [2.75, 3.05) is 6.61 Å². The van der Waals surface area contributed by atoms with Crippen LogP contribution in [0.1, 0.15) is 36.9 Å². The van der Waals surface area contributed by atoms with Crippen molar-refractivity contribution in [1.29, 1.82) is 5.26 Å². The molecule has 1 aliphatic heterocycles. The Labute approximate surface area is 112 Å². The van der Waals surface area contributed by atoms with Gasteiger partial charge in [0.1, 0.15) is 0 Å². The maximum Gasteiger partial charge on any atom is 0.250 e. The Balaban J connectivity index is 1.78. The second-order valence-electron chi connectivity index (χ2n) is 5.36. The molecule has 1 amide bonds. The van der Waals surface area contributed by atoms with E-state index < -0.39 is 0 Å². The number of hydrogen-bond donors (Lipinski definition) is 0. The van der Waals surface area contributed by atoms with Gasteiger partial charge in [0.25, 0.3) is 0 Å². The van der Waals surface area contributed by atoms with Crippen LogP contribution in [0.2, 0.25) is 0 Å². The van der Waals surface area contributed by atoms with Gasteiger partial charge in [0.05, 0.1) is 24.3 Å². The molecule has 1 aromatic rings. The van der Waals surface area contributed by atoms with Crippen LogP contribution in [0.25, 0.3) is 0 Å². The predicted molar refractivity (Wildman–Crippen MR) is 68.6 cm³/mol. The van der Waals surface area contributed by atoms with Crippen LogP contribution in [0.4, 0.5) is 0 Å². The van der Waals surface area contributed by atoms with Crippen molar-refractivity contribution in [2.24, 2.45) is 11.8 Å². The third kappa shape index (κ3) is 2.22. The lowest BCUT2D eigenvalue weighted by Gasteiger charge is -2.23. The van der Waals surface area contributed by atoms with Crippen LogP contribution in [0.3, 0.4) is 0 Å². The van der Waals surface area contributed by atoms with Gasteiger partial charge in [-0.2, -0.15) is 5.26 Å². The van der Waals surface area contributed by atoms with Crippen LogP contribution in [0.5, 0.6) is 0 Å². The molecule has 3 rings (SSSR count). The topological polar surface area (TPSA) is 53.3 Å². The summed E-state index contributed by atoms with van der Waals surface area (Å²) in [6.07, 6.45) is 1.79. The molecule has 1 heterocycles. The van der Waals surface area contributed by atoms with Crippen molar-refractivity contribution < 1.29 is 9.63 Å². The minimum absolute atomic E-state index is 0.00644. The lowest BCUT2D eigenvalue weighted by Crippen LogP contribution is -2.31. The Morgan fingerprint density at radius 3 is 2.68 bits per heavy atom. The first-order valence-electron chi connectivity index (χ1n) is 6.66. The Morgan fingerprint density at radius 1 is 1.42 bits per heavy atom. The summed E-state index contributed by atoms with van der Waals surface area (Å²) in [6, 6.07) is 9.49. The molecule has 1 aromatic carbocycles. The van der Waals surface area contributed by atoms with Gasteiger partial charge in [0.2, 0.25) is 5.91 Å². The molecule has 2 aliphatic rings. The molecule has 98 valence electrons. The van der Waals surface area contributed by atoms with Gasteiger partial charge in [-0.15, -0.1) is 0 Å². The number of hydroxylamine groups is 2. The Hall–Kier alpha value is -1.86. The maximum atomic E-state index is 12.3. The van der Waals surface area contributed by atoms with Crippen molar-refractivity contribution in [3.8, 4) is 6.07 Å². The molecule has 19 heavy (non-hydrogen) atoms. The highest BCUT2D eigenvalue weighted by atomic mass is 16.7. The molecule has 0 unspecified atom stereocenters. The molecule has 0 bridgehead atoms. The molecule has 1 saturated carbocycles. The second-order valence-corrected chi connectivity index (χ2v) is 5.36. The number of benzene rings is 1. The molecular formula is C15H16N2O2. The van der Waals surface area contributed by atoms with E-state index >= 15 is 0 Å². The zero-order chi connectivity index (χ0) is 13.4. The quantitative estimate of drug-likeness (QED) is 0.816. The fourth-order valence-electron chi connectivity index (χ4n) is 2.60. The van der Waals surface area contributed by atoms with E-state index in [-0.39, 0.29) is 17.9 Å². The van der Waals surface area contributed by atoms with Gasteiger partial charge < -0.3 is 0 Å². The molecule has 2 fully saturated rings. The number of carbonyl (C=O) groups is 1. The van der Waals surface area contributed by atoms with Crippen LogP contribution >= 0.6 is 0 Å². The number of rotatable bonds is 2. The average molecular weight is 256 g/mol. The van der Waals surface area contributed by atoms with Gasteiger partial charge in [0.15, 0.2) is 0 Å². The molecule has 0 spiro atoms. The average Bonchev–Trinajstić information content (AvgIpc) is 2.98. The first kappa shape index (κ1) is 12.2. The van der Waals surface area contributed by atoms with Gasteiger partial charge >= 0.3 is 0 Å². The monoisotopic (exact) mass is 256 g/mol. The van der Waals surface area contributed by atoms with E-state index in [4.69, 9.17) is 10.1 Å². The lowest BCUT2D eigenvalue weighted by molar-refractivity contribution is -0.179. The first-order chi connectivity index (χ1) is 9.20. The van der Waals surface area contributed by atoms with E-state index in [1.807, 2.05) is 12.1 Å². The number of nitriles is 1. The van der Waals surface area contributed by atoms with E-state index in [2.05, 4.69) is 13.0 Å². The van der Waals surface area contributed by atoms with Crippen molar-refractivity contribution in [3.63, 3.8) is 0 Å². The normalized spacial score (nSPS) is 29.1. The highest BCUT2D eigenvalue weighted by Gasteiger charge is 2.45. The van der Waals surface area contributed by atoms with Gasteiger partial charge in [-0.1, -0.05) is 19.1 Å². The smallest absolute Gasteiger partial charge is 0.250 e. The maximum absolute atomic E-state index is 12.3. The third-order valence-corrected chi connectivity index (χ3v) is 3.97. The third-order valence-electron chi connectivity index (χ3n) is 3.97. The van der Waals surface area contributed by atoms with E-state index in [0.29, 0.717) is 18.1 Å². The fourth-order valence-corrected chi connectivity index (χ4v) is 2.60. The Bertz CT molecular complexity index is 532. The summed E-state index contributed by atoms with van der Waals surface area (Å²) in [5.74, 6) is 0.733. The molecule has 0 radical (unpaired) electrons. The van der Waals surface area contributed by atoms with Crippen molar-refractivity contribution in [2.45, 2.75) is 25.8 Å². The van der Waals surface area contributed by atoms with Crippen LogP contribution in [-0.2, 0) is 9.63 Å². The van der Waals surface area contributed by atoms with Gasteiger partial charge in [-0.3, -0.25) is 9.63 Å². The lowest BCUT2D eigenvalue weighted by atomic mass is 10.0. The molecular weight excluding hydrogens is 240 g/mol. The van der Waals surface area contributed by atoms with Gasteiger partial charge in [-0.05, 0) is 30.0 Å². The van der Waals surface area contributed by atoms with Gasteiger partial charge in [0, 0.05) is 12.3 Å². The zero-order valence-electron chi connectivity index (χ0n) is 10.9.